The van der Waals surface area contributed by atoms with Gasteiger partial charge in [0.2, 0.25) is 11.5 Å². The summed E-state index contributed by atoms with van der Waals surface area (Å²) in [5.41, 5.74) is 4.82. The quantitative estimate of drug-likeness (QED) is 0.107. The number of hydrogen-bond donors (Lipinski definition) is 4. The van der Waals surface area contributed by atoms with Crippen molar-refractivity contribution in [3.63, 3.8) is 0 Å². The molecule has 3 aromatic rings. The van der Waals surface area contributed by atoms with E-state index in [1.54, 1.807) is 20.8 Å². The van der Waals surface area contributed by atoms with Gasteiger partial charge >= 0.3 is 12.1 Å². The van der Waals surface area contributed by atoms with E-state index in [1.807, 2.05) is 60.7 Å². The standard InChI is InChI=1S/C31H34N6O7S/c1-30(2,3)43-29(41)36-28-34-21(17-45-28)23(26(39)35-22-20(16-32)33-25(22)38)37-44-31(14-15-31)27(40)42-24(18-10-6-4-7-11-18)19-12-8-5-9-13-19/h4-13,17,20,22,24H,14-16,32H2,1-3H3,(H,33,38)(H,35,39)(H,34,36,41)/b37-23-/t20-,22?/m0/s1. The molecule has 236 valence electrons. The molecule has 2 aliphatic rings. The molecule has 0 radical (unpaired) electrons. The fourth-order valence-electron chi connectivity index (χ4n) is 4.43. The van der Waals surface area contributed by atoms with Crippen molar-refractivity contribution in [1.29, 1.82) is 0 Å². The van der Waals surface area contributed by atoms with Crippen LogP contribution < -0.4 is 21.7 Å². The van der Waals surface area contributed by atoms with Crippen LogP contribution in [0.15, 0.2) is 71.2 Å². The molecule has 1 saturated carbocycles. The topological polar surface area (TPSA) is 183 Å². The fraction of sp³-hybridized carbons (Fsp3) is 0.355. The van der Waals surface area contributed by atoms with Gasteiger partial charge in [-0.05, 0) is 31.9 Å². The number of amides is 3. The normalized spacial score (nSPS) is 18.7. The van der Waals surface area contributed by atoms with Gasteiger partial charge in [0.15, 0.2) is 16.9 Å². The number of anilines is 1. The summed E-state index contributed by atoms with van der Waals surface area (Å²) in [7, 11) is 0. The summed E-state index contributed by atoms with van der Waals surface area (Å²) in [6.07, 6.45) is -0.809. The Labute approximate surface area is 263 Å². The monoisotopic (exact) mass is 634 g/mol. The number of rotatable bonds is 11. The maximum atomic E-state index is 13.5. The van der Waals surface area contributed by atoms with Gasteiger partial charge in [-0.25, -0.2) is 14.6 Å². The number of carbonyl (C=O) groups is 4. The Morgan fingerprint density at radius 2 is 1.71 bits per heavy atom. The van der Waals surface area contributed by atoms with Crippen LogP contribution in [0.1, 0.15) is 56.5 Å². The number of thiazole rings is 1. The van der Waals surface area contributed by atoms with Crippen molar-refractivity contribution in [3.8, 4) is 0 Å². The number of benzene rings is 2. The minimum atomic E-state index is -1.42. The minimum absolute atomic E-state index is 0.0446. The van der Waals surface area contributed by atoms with Gasteiger partial charge in [-0.2, -0.15) is 0 Å². The molecule has 0 spiro atoms. The number of carbonyl (C=O) groups excluding carboxylic acids is 4. The molecule has 1 aliphatic heterocycles. The van der Waals surface area contributed by atoms with Crippen LogP contribution in [-0.2, 0) is 28.7 Å². The first-order chi connectivity index (χ1) is 21.5. The summed E-state index contributed by atoms with van der Waals surface area (Å²) < 4.78 is 11.3. The predicted octanol–water partition coefficient (Wildman–Crippen LogP) is 3.02. The average molecular weight is 635 g/mol. The Morgan fingerprint density at radius 3 is 2.24 bits per heavy atom. The molecule has 2 heterocycles. The van der Waals surface area contributed by atoms with Crippen molar-refractivity contribution >= 4 is 46.1 Å². The van der Waals surface area contributed by atoms with E-state index in [2.05, 4.69) is 26.1 Å². The molecule has 2 aromatic carbocycles. The summed E-state index contributed by atoms with van der Waals surface area (Å²) in [4.78, 5) is 61.4. The lowest BCUT2D eigenvalue weighted by Gasteiger charge is -2.36. The van der Waals surface area contributed by atoms with Gasteiger partial charge < -0.3 is 30.7 Å². The van der Waals surface area contributed by atoms with Gasteiger partial charge in [-0.3, -0.25) is 14.9 Å². The Kier molecular flexibility index (Phi) is 9.16. The molecule has 5 N–H and O–H groups in total. The highest BCUT2D eigenvalue weighted by Gasteiger charge is 2.56. The first-order valence-corrected chi connectivity index (χ1v) is 15.2. The number of aromatic nitrogens is 1. The number of nitrogens with zero attached hydrogens (tertiary/aromatic N) is 2. The zero-order valence-corrected chi connectivity index (χ0v) is 25.8. The first-order valence-electron chi connectivity index (χ1n) is 14.3. The average Bonchev–Trinajstić information content (AvgIpc) is 3.67. The van der Waals surface area contributed by atoms with Gasteiger partial charge in [0.25, 0.3) is 5.91 Å². The number of ether oxygens (including phenoxy) is 2. The molecule has 0 bridgehead atoms. The van der Waals surface area contributed by atoms with Gasteiger partial charge in [0, 0.05) is 24.8 Å². The second-order valence-electron chi connectivity index (χ2n) is 11.6. The van der Waals surface area contributed by atoms with E-state index >= 15 is 0 Å². The minimum Gasteiger partial charge on any atom is -0.450 e. The van der Waals surface area contributed by atoms with E-state index in [-0.39, 0.29) is 23.1 Å². The highest BCUT2D eigenvalue weighted by molar-refractivity contribution is 7.14. The highest BCUT2D eigenvalue weighted by Crippen LogP contribution is 2.43. The summed E-state index contributed by atoms with van der Waals surface area (Å²) >= 11 is 1.02. The molecule has 45 heavy (non-hydrogen) atoms. The van der Waals surface area contributed by atoms with Crippen molar-refractivity contribution in [2.45, 2.75) is 63.0 Å². The van der Waals surface area contributed by atoms with Gasteiger partial charge in [-0.15, -0.1) is 11.3 Å². The lowest BCUT2D eigenvalue weighted by molar-refractivity contribution is -0.164. The Morgan fingerprint density at radius 1 is 1.09 bits per heavy atom. The maximum Gasteiger partial charge on any atom is 0.413 e. The number of nitrogens with one attached hydrogen (secondary N) is 3. The van der Waals surface area contributed by atoms with Crippen LogP contribution in [0.2, 0.25) is 0 Å². The molecule has 1 unspecified atom stereocenters. The predicted molar refractivity (Wildman–Crippen MR) is 165 cm³/mol. The first kappa shape index (κ1) is 31.6. The second-order valence-corrected chi connectivity index (χ2v) is 12.5. The van der Waals surface area contributed by atoms with Crippen LogP contribution in [0, 0.1) is 0 Å². The Bertz CT molecular complexity index is 1540. The molecular weight excluding hydrogens is 600 g/mol. The van der Waals surface area contributed by atoms with Gasteiger partial charge in [0.05, 0.1) is 6.04 Å². The van der Waals surface area contributed by atoms with Gasteiger partial charge in [0.1, 0.15) is 17.3 Å². The third-order valence-electron chi connectivity index (χ3n) is 6.94. The van der Waals surface area contributed by atoms with Crippen molar-refractivity contribution in [1.82, 2.24) is 15.6 Å². The van der Waals surface area contributed by atoms with Gasteiger partial charge in [-0.1, -0.05) is 65.8 Å². The maximum absolute atomic E-state index is 13.5. The number of nitrogens with two attached hydrogens (primary N) is 1. The van der Waals surface area contributed by atoms with E-state index in [9.17, 15) is 19.2 Å². The molecule has 5 rings (SSSR count). The molecule has 2 fully saturated rings. The molecule has 1 aliphatic carbocycles. The van der Waals surface area contributed by atoms with Crippen LogP contribution >= 0.6 is 11.3 Å². The van der Waals surface area contributed by atoms with E-state index < -0.39 is 53.3 Å². The third kappa shape index (κ3) is 7.64. The molecular formula is C31H34N6O7S. The summed E-state index contributed by atoms with van der Waals surface area (Å²) in [6, 6.07) is 17.3. The van der Waals surface area contributed by atoms with E-state index in [0.717, 1.165) is 22.5 Å². The number of oxime groups is 1. The van der Waals surface area contributed by atoms with Crippen molar-refractivity contribution in [3.05, 3.63) is 82.9 Å². The van der Waals surface area contributed by atoms with E-state index in [0.29, 0.717) is 12.8 Å². The zero-order valence-electron chi connectivity index (χ0n) is 24.9. The third-order valence-corrected chi connectivity index (χ3v) is 7.70. The highest BCUT2D eigenvalue weighted by atomic mass is 32.1. The van der Waals surface area contributed by atoms with E-state index in [1.165, 1.54) is 5.38 Å². The lowest BCUT2D eigenvalue weighted by atomic mass is 9.99. The van der Waals surface area contributed by atoms with E-state index in [4.69, 9.17) is 20.0 Å². The smallest absolute Gasteiger partial charge is 0.413 e. The van der Waals surface area contributed by atoms with Crippen LogP contribution in [0.4, 0.5) is 9.93 Å². The molecule has 13 nitrogen and oxygen atoms in total. The molecule has 3 amide bonds. The van der Waals surface area contributed by atoms with Crippen LogP contribution in [0.25, 0.3) is 0 Å². The molecule has 1 aromatic heterocycles. The lowest BCUT2D eigenvalue weighted by Crippen LogP contribution is -2.71. The summed E-state index contributed by atoms with van der Waals surface area (Å²) in [5.74, 6) is -1.83. The van der Waals surface area contributed by atoms with Crippen LogP contribution in [0.5, 0.6) is 0 Å². The number of β-lactam (4-membered cyclic amide) rings is 1. The fourth-order valence-corrected chi connectivity index (χ4v) is 5.11. The number of esters is 1. The second kappa shape index (κ2) is 13.0. The summed E-state index contributed by atoms with van der Waals surface area (Å²) in [5, 5.41) is 13.4. The SMILES string of the molecule is CC(C)(C)OC(=O)Nc1nc(/C(=N/OC2(C(=O)OC(c3ccccc3)c3ccccc3)CC2)C(=O)NC2C(=O)N[C@H]2CN)cs1. The Balaban J connectivity index is 1.37. The largest absolute Gasteiger partial charge is 0.450 e. The molecule has 1 saturated heterocycles. The Hall–Kier alpha value is -4.82. The zero-order chi connectivity index (χ0) is 32.2. The van der Waals surface area contributed by atoms with Crippen LogP contribution in [-0.4, -0.2) is 64.4 Å². The van der Waals surface area contributed by atoms with Crippen molar-refractivity contribution in [2.24, 2.45) is 10.9 Å². The molecule has 14 heteroatoms. The van der Waals surface area contributed by atoms with Crippen molar-refractivity contribution < 1.29 is 33.5 Å². The van der Waals surface area contributed by atoms with Crippen molar-refractivity contribution in [2.75, 3.05) is 11.9 Å². The summed E-state index contributed by atoms with van der Waals surface area (Å²) in [6.45, 7) is 5.27. The molecule has 2 atom stereocenters. The number of hydrogen-bond acceptors (Lipinski definition) is 11. The van der Waals surface area contributed by atoms with Crippen LogP contribution in [0.3, 0.4) is 0 Å².